The fourth-order valence-corrected chi connectivity index (χ4v) is 3.49. The molecule has 0 bridgehead atoms. The standard InChI is InChI=1S/C16H15N5O2S/c1-10(11-4-6-24-9-11)20-5-3-13-12(15(20)22)7-17-16-18-14(8-23-2)19-21(13)16/h3-7,9-10H,8H2,1-2H3. The minimum Gasteiger partial charge on any atom is -0.377 e. The molecule has 4 aromatic heterocycles. The molecule has 0 aliphatic carbocycles. The van der Waals surface area contributed by atoms with Crippen LogP contribution in [0.15, 0.2) is 40.1 Å². The summed E-state index contributed by atoms with van der Waals surface area (Å²) in [7, 11) is 1.59. The van der Waals surface area contributed by atoms with Crippen LogP contribution >= 0.6 is 11.3 Å². The van der Waals surface area contributed by atoms with Crippen LogP contribution in [0, 0.1) is 0 Å². The van der Waals surface area contributed by atoms with Gasteiger partial charge >= 0.3 is 0 Å². The minimum absolute atomic E-state index is 0.0383. The maximum absolute atomic E-state index is 12.9. The number of ether oxygens (including phenoxy) is 1. The van der Waals surface area contributed by atoms with E-state index < -0.39 is 0 Å². The first-order valence-corrected chi connectivity index (χ1v) is 8.40. The molecule has 0 aromatic carbocycles. The number of pyridine rings is 1. The highest BCUT2D eigenvalue weighted by Crippen LogP contribution is 2.20. The Hall–Kier alpha value is -2.58. The highest BCUT2D eigenvalue weighted by atomic mass is 32.1. The van der Waals surface area contributed by atoms with Gasteiger partial charge in [0.2, 0.25) is 0 Å². The predicted octanol–water partition coefficient (Wildman–Crippen LogP) is 2.26. The Bertz CT molecular complexity index is 1070. The number of rotatable bonds is 4. The zero-order valence-electron chi connectivity index (χ0n) is 13.2. The maximum Gasteiger partial charge on any atom is 0.262 e. The van der Waals surface area contributed by atoms with Gasteiger partial charge in [0.1, 0.15) is 6.61 Å². The average molecular weight is 341 g/mol. The van der Waals surface area contributed by atoms with Crippen LogP contribution in [0.4, 0.5) is 0 Å². The number of nitrogens with zero attached hydrogens (tertiary/aromatic N) is 5. The fraction of sp³-hybridized carbons (Fsp3) is 0.250. The summed E-state index contributed by atoms with van der Waals surface area (Å²) < 4.78 is 8.36. The quantitative estimate of drug-likeness (QED) is 0.569. The maximum atomic E-state index is 12.9. The summed E-state index contributed by atoms with van der Waals surface area (Å²) in [5.41, 5.74) is 1.71. The van der Waals surface area contributed by atoms with E-state index in [9.17, 15) is 4.79 Å². The molecular formula is C16H15N5O2S. The third-order valence-electron chi connectivity index (χ3n) is 4.02. The Labute approximate surface area is 141 Å². The summed E-state index contributed by atoms with van der Waals surface area (Å²) >= 11 is 1.62. The lowest BCUT2D eigenvalue weighted by atomic mass is 10.1. The van der Waals surface area contributed by atoms with Gasteiger partial charge in [-0.15, -0.1) is 5.10 Å². The van der Waals surface area contributed by atoms with Gasteiger partial charge in [-0.1, -0.05) is 0 Å². The molecule has 0 spiro atoms. The molecule has 0 radical (unpaired) electrons. The van der Waals surface area contributed by atoms with Crippen LogP contribution < -0.4 is 5.56 Å². The van der Waals surface area contributed by atoms with E-state index in [1.54, 1.807) is 39.9 Å². The Morgan fingerprint density at radius 2 is 2.25 bits per heavy atom. The molecule has 0 saturated carbocycles. The zero-order valence-corrected chi connectivity index (χ0v) is 14.0. The third kappa shape index (κ3) is 2.31. The molecule has 4 heterocycles. The first-order chi connectivity index (χ1) is 11.7. The summed E-state index contributed by atoms with van der Waals surface area (Å²) in [6.07, 6.45) is 3.36. The van der Waals surface area contributed by atoms with Gasteiger partial charge in [-0.05, 0) is 35.4 Å². The second kappa shape index (κ2) is 5.81. The number of aromatic nitrogens is 5. The molecule has 0 aliphatic heterocycles. The molecule has 0 N–H and O–H groups in total. The van der Waals surface area contributed by atoms with Crippen molar-refractivity contribution in [1.29, 1.82) is 0 Å². The van der Waals surface area contributed by atoms with Crippen molar-refractivity contribution in [3.8, 4) is 0 Å². The van der Waals surface area contributed by atoms with Crippen molar-refractivity contribution in [3.63, 3.8) is 0 Å². The van der Waals surface area contributed by atoms with Gasteiger partial charge in [0.25, 0.3) is 11.3 Å². The van der Waals surface area contributed by atoms with E-state index in [-0.39, 0.29) is 11.6 Å². The van der Waals surface area contributed by atoms with Crippen LogP contribution in [-0.2, 0) is 11.3 Å². The van der Waals surface area contributed by atoms with Crippen molar-refractivity contribution in [2.24, 2.45) is 0 Å². The van der Waals surface area contributed by atoms with Gasteiger partial charge in [0, 0.05) is 19.5 Å². The predicted molar refractivity (Wildman–Crippen MR) is 91.4 cm³/mol. The molecule has 0 saturated heterocycles. The van der Waals surface area contributed by atoms with Gasteiger partial charge in [0.15, 0.2) is 5.82 Å². The Kier molecular flexibility index (Phi) is 3.62. The van der Waals surface area contributed by atoms with E-state index in [4.69, 9.17) is 4.74 Å². The van der Waals surface area contributed by atoms with E-state index in [0.29, 0.717) is 29.1 Å². The van der Waals surface area contributed by atoms with Gasteiger partial charge in [-0.25, -0.2) is 4.98 Å². The number of methoxy groups -OCH3 is 1. The van der Waals surface area contributed by atoms with Crippen molar-refractivity contribution in [1.82, 2.24) is 24.1 Å². The van der Waals surface area contributed by atoms with Crippen molar-refractivity contribution in [2.75, 3.05) is 7.11 Å². The molecule has 4 rings (SSSR count). The van der Waals surface area contributed by atoms with Crippen LogP contribution in [0.1, 0.15) is 24.4 Å². The van der Waals surface area contributed by atoms with Crippen molar-refractivity contribution >= 4 is 28.0 Å². The summed E-state index contributed by atoms with van der Waals surface area (Å²) in [4.78, 5) is 21.4. The topological polar surface area (TPSA) is 74.3 Å². The first kappa shape index (κ1) is 15.0. The Morgan fingerprint density at radius 1 is 1.38 bits per heavy atom. The Balaban J connectivity index is 1.90. The fourth-order valence-electron chi connectivity index (χ4n) is 2.74. The van der Waals surface area contributed by atoms with E-state index in [2.05, 4.69) is 20.4 Å². The van der Waals surface area contributed by atoms with Crippen LogP contribution in [-0.4, -0.2) is 31.3 Å². The molecular weight excluding hydrogens is 326 g/mol. The van der Waals surface area contributed by atoms with Gasteiger partial charge in [0.05, 0.1) is 16.9 Å². The number of thiophene rings is 1. The van der Waals surface area contributed by atoms with E-state index in [1.165, 1.54) is 0 Å². The molecule has 0 fully saturated rings. The number of fused-ring (bicyclic) bond motifs is 3. The summed E-state index contributed by atoms with van der Waals surface area (Å²) in [5.74, 6) is 0.992. The van der Waals surface area contributed by atoms with Crippen LogP contribution in [0.3, 0.4) is 0 Å². The molecule has 0 aliphatic rings. The molecule has 1 unspecified atom stereocenters. The van der Waals surface area contributed by atoms with Gasteiger partial charge < -0.3 is 9.30 Å². The average Bonchev–Trinajstić information content (AvgIpc) is 3.24. The highest BCUT2D eigenvalue weighted by Gasteiger charge is 2.15. The molecule has 7 nitrogen and oxygen atoms in total. The van der Waals surface area contributed by atoms with Gasteiger partial charge in [-0.3, -0.25) is 4.79 Å². The first-order valence-electron chi connectivity index (χ1n) is 7.45. The largest absolute Gasteiger partial charge is 0.377 e. The van der Waals surface area contributed by atoms with Crippen LogP contribution in [0.5, 0.6) is 0 Å². The smallest absolute Gasteiger partial charge is 0.262 e. The molecule has 0 amide bonds. The lowest BCUT2D eigenvalue weighted by Crippen LogP contribution is -2.23. The molecule has 4 aromatic rings. The second-order valence-electron chi connectivity index (χ2n) is 5.49. The lowest BCUT2D eigenvalue weighted by Gasteiger charge is -2.14. The Morgan fingerprint density at radius 3 is 3.00 bits per heavy atom. The van der Waals surface area contributed by atoms with E-state index >= 15 is 0 Å². The van der Waals surface area contributed by atoms with Crippen LogP contribution in [0.25, 0.3) is 16.7 Å². The van der Waals surface area contributed by atoms with E-state index in [1.807, 2.05) is 24.4 Å². The minimum atomic E-state index is -0.0932. The summed E-state index contributed by atoms with van der Waals surface area (Å²) in [6, 6.07) is 3.87. The molecule has 24 heavy (non-hydrogen) atoms. The lowest BCUT2D eigenvalue weighted by molar-refractivity contribution is 0.178. The summed E-state index contributed by atoms with van der Waals surface area (Å²) in [5, 5.41) is 8.94. The summed E-state index contributed by atoms with van der Waals surface area (Å²) in [6.45, 7) is 2.31. The van der Waals surface area contributed by atoms with Crippen molar-refractivity contribution in [2.45, 2.75) is 19.6 Å². The number of hydrogen-bond donors (Lipinski definition) is 0. The molecule has 122 valence electrons. The highest BCUT2D eigenvalue weighted by molar-refractivity contribution is 7.07. The van der Waals surface area contributed by atoms with Crippen molar-refractivity contribution in [3.05, 3.63) is 57.0 Å². The second-order valence-corrected chi connectivity index (χ2v) is 6.27. The van der Waals surface area contributed by atoms with Gasteiger partial charge in [-0.2, -0.15) is 20.8 Å². The SMILES string of the molecule is COCc1nc2ncc3c(=O)n(C(C)c4ccsc4)ccc3n2n1. The molecule has 8 heteroatoms. The van der Waals surface area contributed by atoms with Crippen molar-refractivity contribution < 1.29 is 4.74 Å². The van der Waals surface area contributed by atoms with Crippen LogP contribution in [0.2, 0.25) is 0 Å². The zero-order chi connectivity index (χ0) is 16.7. The third-order valence-corrected chi connectivity index (χ3v) is 4.72. The normalized spacial score (nSPS) is 12.9. The molecule has 1 atom stereocenters. The number of hydrogen-bond acceptors (Lipinski definition) is 6. The monoisotopic (exact) mass is 341 g/mol. The van der Waals surface area contributed by atoms with E-state index in [0.717, 1.165) is 5.56 Å².